The van der Waals surface area contributed by atoms with Crippen LogP contribution in [0.4, 0.5) is 30.9 Å². The summed E-state index contributed by atoms with van der Waals surface area (Å²) < 4.78 is 1.77. The number of carbonyl (C=O) groups excluding carboxylic acids is 5. The average Bonchev–Trinajstić information content (AvgIpc) is 4.37. The predicted molar refractivity (Wildman–Crippen MR) is 289 cm³/mol. The molecule has 77 heavy (non-hydrogen) atoms. The van der Waals surface area contributed by atoms with Crippen molar-refractivity contribution in [3.8, 4) is 0 Å². The van der Waals surface area contributed by atoms with E-state index in [0.717, 1.165) is 56.3 Å². The van der Waals surface area contributed by atoms with Crippen LogP contribution >= 0.6 is 0 Å². The molecule has 23 heteroatoms. The lowest BCUT2D eigenvalue weighted by Gasteiger charge is -2.32. The first-order chi connectivity index (χ1) is 37.3. The van der Waals surface area contributed by atoms with Crippen molar-refractivity contribution in [3.05, 3.63) is 78.1 Å². The Hall–Kier alpha value is -6.98. The Balaban J connectivity index is 0.705. The summed E-state index contributed by atoms with van der Waals surface area (Å²) in [6.07, 6.45) is 5.63. The Morgan fingerprint density at radius 2 is 1.14 bits per heavy atom. The molecule has 8 atom stereocenters. The standard InChI is InChI=1S/C54H76N16O7/c1-3-44(71)63-42-26-43(47(73)46(42)72)70-32-56-45-48(55-27-41(33-10-6-4-7-11-33)34-12-8-5-9-13-34)64-50(65-49(45)70)67-23-19-38(29-67)58-52(75)60-40-21-25-69(31-40)54(77)62-36-16-14-35(15-17-36)61-53(76)68-24-20-39(30-68)59-51(74)57-37-18-22-66(2)28-37/h4-13,32,35-43,46-47,72-73H,3,14-31H2,1-2H3,(H,61,76)(H,62,77)(H,63,71)(H,55,64,65)(H2,57,59,74)(H2,58,60,75)/t35?,36?,37?,38-,39?,40?,42?,43?,46-,47+/m1/s1. The first-order valence-corrected chi connectivity index (χ1v) is 27.8. The van der Waals surface area contributed by atoms with Gasteiger partial charge in [-0.25, -0.2) is 24.2 Å². The Morgan fingerprint density at radius 3 is 1.69 bits per heavy atom. The summed E-state index contributed by atoms with van der Waals surface area (Å²) in [6, 6.07) is 18.1. The van der Waals surface area contributed by atoms with E-state index >= 15 is 0 Å². The molecule has 10 rings (SSSR count). The van der Waals surface area contributed by atoms with Gasteiger partial charge in [-0.1, -0.05) is 67.6 Å². The normalized spacial score (nSPS) is 27.5. The number of likely N-dealkylation sites (N-methyl/N-ethyl adjacent to an activating group) is 1. The van der Waals surface area contributed by atoms with Gasteiger partial charge in [0, 0.05) is 101 Å². The summed E-state index contributed by atoms with van der Waals surface area (Å²) in [5.41, 5.74) is 3.21. The lowest BCUT2D eigenvalue weighted by molar-refractivity contribution is -0.122. The number of nitrogens with one attached hydrogen (secondary N) is 8. The minimum atomic E-state index is -1.19. The van der Waals surface area contributed by atoms with Crippen LogP contribution in [-0.4, -0.2) is 195 Å². The van der Waals surface area contributed by atoms with Crippen molar-refractivity contribution in [3.63, 3.8) is 0 Å². The van der Waals surface area contributed by atoms with Gasteiger partial charge in [0.1, 0.15) is 12.2 Å². The highest BCUT2D eigenvalue weighted by molar-refractivity contribution is 5.85. The molecule has 10 N–H and O–H groups in total. The minimum absolute atomic E-state index is 0.0123. The molecule has 0 spiro atoms. The summed E-state index contributed by atoms with van der Waals surface area (Å²) in [5, 5.41) is 47.5. The zero-order valence-corrected chi connectivity index (χ0v) is 44.2. The number of hydrogen-bond acceptors (Lipinski definition) is 13. The summed E-state index contributed by atoms with van der Waals surface area (Å²) in [4.78, 5) is 87.6. The van der Waals surface area contributed by atoms with E-state index in [4.69, 9.17) is 15.0 Å². The molecule has 4 saturated heterocycles. The fourth-order valence-corrected chi connectivity index (χ4v) is 12.1. The molecule has 0 radical (unpaired) electrons. The number of aliphatic hydroxyl groups excluding tert-OH is 2. The number of likely N-dealkylation sites (tertiary alicyclic amines) is 3. The fourth-order valence-electron chi connectivity index (χ4n) is 12.1. The van der Waals surface area contributed by atoms with E-state index in [1.54, 1.807) is 27.6 Å². The highest BCUT2D eigenvalue weighted by atomic mass is 16.3. The van der Waals surface area contributed by atoms with Crippen LogP contribution in [0, 0.1) is 0 Å². The molecule has 2 aliphatic carbocycles. The number of anilines is 2. The van der Waals surface area contributed by atoms with Gasteiger partial charge in [-0.2, -0.15) is 9.97 Å². The largest absolute Gasteiger partial charge is 0.388 e. The van der Waals surface area contributed by atoms with E-state index in [1.807, 2.05) is 48.3 Å². The number of carbonyl (C=O) groups is 5. The predicted octanol–water partition coefficient (Wildman–Crippen LogP) is 2.39. The number of benzene rings is 2. The Bertz CT molecular complexity index is 2650. The van der Waals surface area contributed by atoms with Gasteiger partial charge in [0.25, 0.3) is 0 Å². The van der Waals surface area contributed by atoms with Crippen LogP contribution in [0.3, 0.4) is 0 Å². The van der Waals surface area contributed by atoms with Crippen LogP contribution in [0.15, 0.2) is 67.0 Å². The lowest BCUT2D eigenvalue weighted by atomic mass is 9.91. The van der Waals surface area contributed by atoms with Crippen molar-refractivity contribution >= 4 is 53.0 Å². The second kappa shape index (κ2) is 24.1. The Morgan fingerprint density at radius 1 is 0.610 bits per heavy atom. The van der Waals surface area contributed by atoms with Crippen molar-refractivity contribution in [1.29, 1.82) is 0 Å². The lowest BCUT2D eigenvalue weighted by Crippen LogP contribution is -2.51. The molecule has 414 valence electrons. The van der Waals surface area contributed by atoms with Gasteiger partial charge in [-0.15, -0.1) is 0 Å². The van der Waals surface area contributed by atoms with Crippen molar-refractivity contribution in [2.45, 2.75) is 138 Å². The molecule has 2 aromatic heterocycles. The summed E-state index contributed by atoms with van der Waals surface area (Å²) in [5.74, 6) is 0.678. The van der Waals surface area contributed by atoms with E-state index in [-0.39, 0.29) is 85.0 Å². The molecule has 2 aromatic carbocycles. The molecule has 6 fully saturated rings. The van der Waals surface area contributed by atoms with E-state index in [1.165, 1.54) is 0 Å². The van der Waals surface area contributed by atoms with Gasteiger partial charge >= 0.3 is 24.1 Å². The van der Waals surface area contributed by atoms with Crippen LogP contribution < -0.4 is 47.4 Å². The van der Waals surface area contributed by atoms with Crippen molar-refractivity contribution < 1.29 is 34.2 Å². The number of fused-ring (bicyclic) bond motifs is 1. The molecule has 6 aliphatic rings. The highest BCUT2D eigenvalue weighted by Crippen LogP contribution is 2.36. The molecular formula is C54H76N16O7. The van der Waals surface area contributed by atoms with E-state index < -0.39 is 24.3 Å². The molecule has 4 aromatic rings. The van der Waals surface area contributed by atoms with Gasteiger partial charge in [-0.05, 0) is 82.5 Å². The molecule has 23 nitrogen and oxygen atoms in total. The second-order valence-electron chi connectivity index (χ2n) is 22.0. The maximum absolute atomic E-state index is 13.5. The molecule has 6 heterocycles. The van der Waals surface area contributed by atoms with Crippen LogP contribution in [0.1, 0.15) is 94.2 Å². The van der Waals surface area contributed by atoms with Gasteiger partial charge in [0.05, 0.1) is 18.4 Å². The van der Waals surface area contributed by atoms with Crippen LogP contribution in [0.2, 0.25) is 0 Å². The number of aromatic nitrogens is 4. The smallest absolute Gasteiger partial charge is 0.317 e. The van der Waals surface area contributed by atoms with Crippen molar-refractivity contribution in [1.82, 2.24) is 71.4 Å². The van der Waals surface area contributed by atoms with Crippen LogP contribution in [-0.2, 0) is 4.79 Å². The third-order valence-corrected chi connectivity index (χ3v) is 16.5. The number of amides is 9. The fraction of sp³-hybridized carbons (Fsp3) is 0.593. The van der Waals surface area contributed by atoms with Gasteiger partial charge in [-0.3, -0.25) is 4.79 Å². The average molecular weight is 1060 g/mol. The zero-order chi connectivity index (χ0) is 53.6. The van der Waals surface area contributed by atoms with Crippen LogP contribution in [0.5, 0.6) is 0 Å². The van der Waals surface area contributed by atoms with E-state index in [9.17, 15) is 34.2 Å². The topological polar surface area (TPSA) is 279 Å². The number of imidazole rings is 1. The number of urea groups is 4. The van der Waals surface area contributed by atoms with E-state index in [2.05, 4.69) is 71.7 Å². The van der Waals surface area contributed by atoms with E-state index in [0.29, 0.717) is 88.0 Å². The minimum Gasteiger partial charge on any atom is -0.388 e. The molecule has 5 unspecified atom stereocenters. The molecule has 4 aliphatic heterocycles. The molecule has 0 bridgehead atoms. The highest BCUT2D eigenvalue weighted by Gasteiger charge is 2.44. The number of rotatable bonds is 15. The summed E-state index contributed by atoms with van der Waals surface area (Å²) >= 11 is 0. The first kappa shape index (κ1) is 53.4. The maximum atomic E-state index is 13.5. The van der Waals surface area contributed by atoms with Gasteiger partial charge < -0.3 is 76.9 Å². The Kier molecular flexibility index (Phi) is 16.7. The molecule has 9 amide bonds. The molecule has 2 saturated carbocycles. The molecular weight excluding hydrogens is 985 g/mol. The number of hydrogen-bond donors (Lipinski definition) is 10. The Labute approximate surface area is 449 Å². The number of nitrogens with zero attached hydrogens (tertiary/aromatic N) is 8. The third-order valence-electron chi connectivity index (χ3n) is 16.5. The monoisotopic (exact) mass is 1060 g/mol. The van der Waals surface area contributed by atoms with Gasteiger partial charge in [0.15, 0.2) is 17.0 Å². The van der Waals surface area contributed by atoms with Crippen molar-refractivity contribution in [2.75, 3.05) is 76.2 Å². The van der Waals surface area contributed by atoms with Crippen molar-refractivity contribution in [2.24, 2.45) is 0 Å². The zero-order valence-electron chi connectivity index (χ0n) is 44.2. The third kappa shape index (κ3) is 12.9. The quantitative estimate of drug-likeness (QED) is 0.0821. The summed E-state index contributed by atoms with van der Waals surface area (Å²) in [7, 11) is 2.05. The van der Waals surface area contributed by atoms with Gasteiger partial charge in [0.2, 0.25) is 11.9 Å². The SMILES string of the molecule is CCC(=O)NC1CC(n2cnc3c(NCC(c4ccccc4)c4ccccc4)nc(N4CC[C@@H](NC(=O)NC5CCN(C(=O)NC6CCC(NC(=O)N7CCC(NC(=O)NC8CCN(C)C8)C7)CC6)C5)C4)nc32)[C@H](O)[C@@H]1O. The summed E-state index contributed by atoms with van der Waals surface area (Å²) in [6.45, 7) is 6.97. The van der Waals surface area contributed by atoms with Crippen LogP contribution in [0.25, 0.3) is 11.2 Å². The number of aliphatic hydroxyl groups is 2. The first-order valence-electron chi connectivity index (χ1n) is 27.8. The maximum Gasteiger partial charge on any atom is 0.317 e. The second-order valence-corrected chi connectivity index (χ2v) is 22.0.